The van der Waals surface area contributed by atoms with Crippen LogP contribution in [0.3, 0.4) is 0 Å². The van der Waals surface area contributed by atoms with Gasteiger partial charge in [0.25, 0.3) is 5.91 Å². The van der Waals surface area contributed by atoms with Crippen LogP contribution in [-0.4, -0.2) is 44.1 Å². The Morgan fingerprint density at radius 3 is 2.03 bits per heavy atom. The van der Waals surface area contributed by atoms with Crippen LogP contribution in [-0.2, 0) is 0 Å². The molecule has 0 N–H and O–H groups in total. The van der Waals surface area contributed by atoms with Gasteiger partial charge >= 0.3 is 0 Å². The number of para-hydroxylation sites is 2. The number of amides is 1. The van der Waals surface area contributed by atoms with Gasteiger partial charge in [-0.15, -0.1) is 0 Å². The number of benzene rings is 3. The maximum absolute atomic E-state index is 12.9. The lowest BCUT2D eigenvalue weighted by molar-refractivity contribution is 0.0746. The van der Waals surface area contributed by atoms with Crippen LogP contribution in [0, 0.1) is 0 Å². The van der Waals surface area contributed by atoms with E-state index in [2.05, 4.69) is 21.2 Å². The van der Waals surface area contributed by atoms with E-state index in [0.29, 0.717) is 18.7 Å². The largest absolute Gasteiger partial charge is 0.495 e. The highest BCUT2D eigenvalue weighted by Crippen LogP contribution is 2.28. The van der Waals surface area contributed by atoms with Gasteiger partial charge < -0.3 is 14.5 Å². The third-order valence-electron chi connectivity index (χ3n) is 5.14. The molecule has 0 bridgehead atoms. The summed E-state index contributed by atoms with van der Waals surface area (Å²) in [6.45, 7) is 2.89. The van der Waals surface area contributed by atoms with Crippen LogP contribution in [0.2, 0.25) is 0 Å². The van der Waals surface area contributed by atoms with Gasteiger partial charge in [0.15, 0.2) is 0 Å². The van der Waals surface area contributed by atoms with Crippen LogP contribution < -0.4 is 9.64 Å². The summed E-state index contributed by atoms with van der Waals surface area (Å²) in [5.41, 5.74) is 3.25. The SMILES string of the molecule is COc1ccccc1N1CCN(C(=O)c2ccc(N=Nc3ccccc3)cc2)CC1. The molecule has 1 amide bonds. The zero-order valence-electron chi connectivity index (χ0n) is 16.9. The molecule has 0 atom stereocenters. The molecule has 6 nitrogen and oxygen atoms in total. The molecule has 6 heteroatoms. The van der Waals surface area contributed by atoms with Crippen LogP contribution in [0.4, 0.5) is 17.1 Å². The van der Waals surface area contributed by atoms with Gasteiger partial charge in [-0.1, -0.05) is 30.3 Å². The molecule has 1 fully saturated rings. The average molecular weight is 400 g/mol. The van der Waals surface area contributed by atoms with Gasteiger partial charge in [0.2, 0.25) is 0 Å². The first kappa shape index (κ1) is 19.6. The first-order valence-corrected chi connectivity index (χ1v) is 9.99. The van der Waals surface area contributed by atoms with E-state index in [1.165, 1.54) is 0 Å². The summed E-state index contributed by atoms with van der Waals surface area (Å²) in [5, 5.41) is 8.44. The van der Waals surface area contributed by atoms with Crippen LogP contribution in [0.1, 0.15) is 10.4 Å². The Labute approximate surface area is 176 Å². The topological polar surface area (TPSA) is 57.5 Å². The Kier molecular flexibility index (Phi) is 6.03. The molecule has 4 rings (SSSR count). The second kappa shape index (κ2) is 9.22. The van der Waals surface area contributed by atoms with Gasteiger partial charge in [-0.2, -0.15) is 10.2 Å². The molecule has 0 aliphatic carbocycles. The lowest BCUT2D eigenvalue weighted by Gasteiger charge is -2.36. The molecule has 30 heavy (non-hydrogen) atoms. The predicted octanol–water partition coefficient (Wildman–Crippen LogP) is 5.07. The molecule has 0 unspecified atom stereocenters. The van der Waals surface area contributed by atoms with Gasteiger partial charge in [-0.05, 0) is 48.5 Å². The van der Waals surface area contributed by atoms with E-state index >= 15 is 0 Å². The molecule has 0 radical (unpaired) electrons. The van der Waals surface area contributed by atoms with Crippen molar-refractivity contribution < 1.29 is 9.53 Å². The van der Waals surface area contributed by atoms with Crippen molar-refractivity contribution in [3.05, 3.63) is 84.4 Å². The minimum absolute atomic E-state index is 0.0428. The van der Waals surface area contributed by atoms with E-state index in [0.717, 1.165) is 35.9 Å². The summed E-state index contributed by atoms with van der Waals surface area (Å²) < 4.78 is 5.46. The maximum atomic E-state index is 12.9. The second-order valence-corrected chi connectivity index (χ2v) is 7.03. The quantitative estimate of drug-likeness (QED) is 0.562. The summed E-state index contributed by atoms with van der Waals surface area (Å²) in [7, 11) is 1.68. The molecule has 1 saturated heterocycles. The smallest absolute Gasteiger partial charge is 0.253 e. The number of hydrogen-bond donors (Lipinski definition) is 0. The normalized spacial score (nSPS) is 14.2. The van der Waals surface area contributed by atoms with Crippen molar-refractivity contribution in [3.63, 3.8) is 0 Å². The number of hydrogen-bond acceptors (Lipinski definition) is 5. The van der Waals surface area contributed by atoms with Gasteiger partial charge in [0.05, 0.1) is 24.2 Å². The molecule has 1 aliphatic heterocycles. The molecule has 1 heterocycles. The van der Waals surface area contributed by atoms with Gasteiger partial charge in [-0.25, -0.2) is 0 Å². The van der Waals surface area contributed by atoms with Crippen molar-refractivity contribution in [3.8, 4) is 5.75 Å². The summed E-state index contributed by atoms with van der Waals surface area (Å²) in [5.74, 6) is 0.902. The Balaban J connectivity index is 1.37. The Hall–Kier alpha value is -3.67. The molecule has 152 valence electrons. The number of anilines is 1. The minimum Gasteiger partial charge on any atom is -0.495 e. The summed E-state index contributed by atoms with van der Waals surface area (Å²) in [4.78, 5) is 17.0. The lowest BCUT2D eigenvalue weighted by Crippen LogP contribution is -2.48. The van der Waals surface area contributed by atoms with Gasteiger partial charge in [0.1, 0.15) is 5.75 Å². The highest BCUT2D eigenvalue weighted by Gasteiger charge is 2.23. The number of rotatable bonds is 5. The van der Waals surface area contributed by atoms with Crippen LogP contribution in [0.25, 0.3) is 0 Å². The molecule has 1 aliphatic rings. The van der Waals surface area contributed by atoms with Gasteiger partial charge in [-0.3, -0.25) is 4.79 Å². The van der Waals surface area contributed by atoms with Crippen molar-refractivity contribution in [2.45, 2.75) is 0 Å². The highest BCUT2D eigenvalue weighted by molar-refractivity contribution is 5.94. The number of nitrogens with zero attached hydrogens (tertiary/aromatic N) is 4. The fourth-order valence-electron chi connectivity index (χ4n) is 3.50. The van der Waals surface area contributed by atoms with Crippen LogP contribution in [0.5, 0.6) is 5.75 Å². The van der Waals surface area contributed by atoms with E-state index in [9.17, 15) is 4.79 Å². The third kappa shape index (κ3) is 4.49. The number of ether oxygens (including phenoxy) is 1. The summed E-state index contributed by atoms with van der Waals surface area (Å²) >= 11 is 0. The molecule has 0 spiro atoms. The molecular formula is C24H24N4O2. The standard InChI is InChI=1S/C24H24N4O2/c1-30-23-10-6-5-9-22(23)27-15-17-28(18-16-27)24(29)19-11-13-21(14-12-19)26-25-20-7-3-2-4-8-20/h2-14H,15-18H2,1H3. The van der Waals surface area contributed by atoms with E-state index < -0.39 is 0 Å². The van der Waals surface area contributed by atoms with Crippen LogP contribution in [0.15, 0.2) is 89.1 Å². The first-order valence-electron chi connectivity index (χ1n) is 9.99. The Bertz CT molecular complexity index is 1010. The van der Waals surface area contributed by atoms with Crippen molar-refractivity contribution in [1.29, 1.82) is 0 Å². The number of carbonyl (C=O) groups excluding carboxylic acids is 1. The average Bonchev–Trinajstić information content (AvgIpc) is 2.83. The molecule has 3 aromatic carbocycles. The molecule has 3 aromatic rings. The number of piperazine rings is 1. The summed E-state index contributed by atoms with van der Waals surface area (Å²) in [6, 6.07) is 24.8. The lowest BCUT2D eigenvalue weighted by atomic mass is 10.1. The maximum Gasteiger partial charge on any atom is 0.253 e. The number of methoxy groups -OCH3 is 1. The second-order valence-electron chi connectivity index (χ2n) is 7.03. The Morgan fingerprint density at radius 2 is 1.37 bits per heavy atom. The zero-order valence-corrected chi connectivity index (χ0v) is 16.9. The zero-order chi connectivity index (χ0) is 20.8. The molecule has 0 aromatic heterocycles. The van der Waals surface area contributed by atoms with Crippen LogP contribution >= 0.6 is 0 Å². The Morgan fingerprint density at radius 1 is 0.767 bits per heavy atom. The van der Waals surface area contributed by atoms with Gasteiger partial charge in [0, 0.05) is 31.7 Å². The molecule has 0 saturated carbocycles. The van der Waals surface area contributed by atoms with E-state index in [4.69, 9.17) is 4.74 Å². The fourth-order valence-corrected chi connectivity index (χ4v) is 3.50. The third-order valence-corrected chi connectivity index (χ3v) is 5.14. The van der Waals surface area contributed by atoms with E-state index in [1.54, 1.807) is 7.11 Å². The van der Waals surface area contributed by atoms with E-state index in [-0.39, 0.29) is 5.91 Å². The highest BCUT2D eigenvalue weighted by atomic mass is 16.5. The predicted molar refractivity (Wildman–Crippen MR) is 118 cm³/mol. The van der Waals surface area contributed by atoms with E-state index in [1.807, 2.05) is 77.7 Å². The van der Waals surface area contributed by atoms with Crippen molar-refractivity contribution in [2.24, 2.45) is 10.2 Å². The van der Waals surface area contributed by atoms with Crippen molar-refractivity contribution in [2.75, 3.05) is 38.2 Å². The fraction of sp³-hybridized carbons (Fsp3) is 0.208. The number of carbonyl (C=O) groups is 1. The van der Waals surface area contributed by atoms with Crippen molar-refractivity contribution in [1.82, 2.24) is 4.90 Å². The summed E-state index contributed by atoms with van der Waals surface area (Å²) in [6.07, 6.45) is 0. The first-order chi connectivity index (χ1) is 14.7. The van der Waals surface area contributed by atoms with Crippen molar-refractivity contribution >= 4 is 23.0 Å². The minimum atomic E-state index is 0.0428. The number of azo groups is 1. The molecular weight excluding hydrogens is 376 g/mol. The monoisotopic (exact) mass is 400 g/mol.